The Hall–Kier alpha value is -0.370. The second-order valence-electron chi connectivity index (χ2n) is 2.38. The van der Waals surface area contributed by atoms with Gasteiger partial charge in [0.25, 0.3) is 0 Å². The van der Waals surface area contributed by atoms with Crippen molar-refractivity contribution < 1.29 is 5.11 Å². The molecule has 0 heterocycles. The van der Waals surface area contributed by atoms with E-state index in [-0.39, 0.29) is 6.61 Å². The summed E-state index contributed by atoms with van der Waals surface area (Å²) < 4.78 is 0. The summed E-state index contributed by atoms with van der Waals surface area (Å²) in [5.41, 5.74) is 1.31. The van der Waals surface area contributed by atoms with Gasteiger partial charge in [-0.25, -0.2) is 0 Å². The van der Waals surface area contributed by atoms with Gasteiger partial charge in [0.05, 0.1) is 13.2 Å². The molecule has 0 radical (unpaired) electrons. The van der Waals surface area contributed by atoms with Crippen LogP contribution in [-0.4, -0.2) is 24.0 Å². The highest BCUT2D eigenvalue weighted by molar-refractivity contribution is 5.86. The zero-order valence-corrected chi connectivity index (χ0v) is 5.64. The first kappa shape index (κ1) is 6.75. The molecule has 1 saturated carbocycles. The predicted molar refractivity (Wildman–Crippen MR) is 37.9 cm³/mol. The lowest BCUT2D eigenvalue weighted by molar-refractivity contribution is 0.307. The topological polar surface area (TPSA) is 32.6 Å². The van der Waals surface area contributed by atoms with Crippen LogP contribution < -0.4 is 0 Å². The van der Waals surface area contributed by atoms with Crippen molar-refractivity contribution in [2.45, 2.75) is 25.7 Å². The Labute approximate surface area is 55.6 Å². The van der Waals surface area contributed by atoms with Crippen molar-refractivity contribution in [2.75, 3.05) is 13.2 Å². The molecule has 0 unspecified atom stereocenters. The smallest absolute Gasteiger partial charge is 0.0626 e. The molecule has 0 aromatic heterocycles. The minimum atomic E-state index is 0.198. The number of aliphatic hydroxyl groups excluding tert-OH is 1. The molecule has 1 rings (SSSR count). The first-order chi connectivity index (χ1) is 4.43. The number of aliphatic imine (C=N–C) groups is 1. The van der Waals surface area contributed by atoms with E-state index in [1.165, 1.54) is 31.4 Å². The lowest BCUT2D eigenvalue weighted by Gasteiger charge is -1.91. The van der Waals surface area contributed by atoms with Crippen LogP contribution >= 0.6 is 0 Å². The van der Waals surface area contributed by atoms with Gasteiger partial charge in [-0.3, -0.25) is 4.99 Å². The van der Waals surface area contributed by atoms with Crippen molar-refractivity contribution >= 4 is 5.71 Å². The minimum Gasteiger partial charge on any atom is -0.394 e. The molecular formula is C7H13NO. The van der Waals surface area contributed by atoms with E-state index >= 15 is 0 Å². The monoisotopic (exact) mass is 127 g/mol. The van der Waals surface area contributed by atoms with Crippen LogP contribution in [-0.2, 0) is 0 Å². The largest absolute Gasteiger partial charge is 0.394 e. The Morgan fingerprint density at radius 3 is 2.56 bits per heavy atom. The van der Waals surface area contributed by atoms with E-state index in [1.807, 2.05) is 0 Å². The number of hydrogen-bond donors (Lipinski definition) is 1. The molecule has 0 saturated heterocycles. The van der Waals surface area contributed by atoms with Crippen LogP contribution in [0, 0.1) is 0 Å². The van der Waals surface area contributed by atoms with Crippen molar-refractivity contribution in [2.24, 2.45) is 4.99 Å². The molecule has 0 aromatic rings. The van der Waals surface area contributed by atoms with Gasteiger partial charge in [0, 0.05) is 5.71 Å². The van der Waals surface area contributed by atoms with Crippen molar-refractivity contribution in [3.63, 3.8) is 0 Å². The molecule has 1 aliphatic carbocycles. The third-order valence-corrected chi connectivity index (χ3v) is 1.62. The number of hydrogen-bond acceptors (Lipinski definition) is 2. The summed E-state index contributed by atoms with van der Waals surface area (Å²) in [6.45, 7) is 0.804. The maximum Gasteiger partial charge on any atom is 0.0626 e. The Morgan fingerprint density at radius 1 is 1.33 bits per heavy atom. The molecule has 1 fully saturated rings. The Bertz CT molecular complexity index is 101. The third kappa shape index (κ3) is 2.14. The maximum atomic E-state index is 8.42. The van der Waals surface area contributed by atoms with Gasteiger partial charge in [0.1, 0.15) is 0 Å². The molecule has 0 bridgehead atoms. The molecule has 9 heavy (non-hydrogen) atoms. The zero-order valence-electron chi connectivity index (χ0n) is 5.64. The van der Waals surface area contributed by atoms with Gasteiger partial charge in [0.15, 0.2) is 0 Å². The fraction of sp³-hybridized carbons (Fsp3) is 0.857. The fourth-order valence-electron chi connectivity index (χ4n) is 1.15. The highest BCUT2D eigenvalue weighted by Crippen LogP contribution is 2.14. The number of nitrogens with zero attached hydrogens (tertiary/aromatic N) is 1. The molecule has 0 aliphatic heterocycles. The van der Waals surface area contributed by atoms with Crippen LogP contribution in [0.15, 0.2) is 4.99 Å². The molecule has 2 heteroatoms. The second kappa shape index (κ2) is 3.62. The van der Waals surface area contributed by atoms with E-state index in [9.17, 15) is 0 Å². The number of rotatable bonds is 2. The predicted octanol–water partition coefficient (Wildman–Crippen LogP) is 0.994. The summed E-state index contributed by atoms with van der Waals surface area (Å²) in [5, 5.41) is 8.42. The SMILES string of the molecule is OCCN=C1CCCC1. The number of aliphatic hydroxyl groups is 1. The highest BCUT2D eigenvalue weighted by Gasteiger charge is 2.06. The molecule has 1 aliphatic rings. The van der Waals surface area contributed by atoms with E-state index in [4.69, 9.17) is 5.11 Å². The van der Waals surface area contributed by atoms with E-state index in [2.05, 4.69) is 4.99 Å². The standard InChI is InChI=1S/C7H13NO/c9-6-5-8-7-3-1-2-4-7/h9H,1-6H2. The summed E-state index contributed by atoms with van der Waals surface area (Å²) in [6, 6.07) is 0. The van der Waals surface area contributed by atoms with E-state index in [0.717, 1.165) is 0 Å². The van der Waals surface area contributed by atoms with Crippen LogP contribution in [0.5, 0.6) is 0 Å². The Kier molecular flexibility index (Phi) is 2.71. The molecule has 0 spiro atoms. The molecule has 0 amide bonds. The summed E-state index contributed by atoms with van der Waals surface area (Å²) in [5.74, 6) is 0. The van der Waals surface area contributed by atoms with Gasteiger partial charge >= 0.3 is 0 Å². The molecule has 2 nitrogen and oxygen atoms in total. The van der Waals surface area contributed by atoms with Crippen LogP contribution in [0.25, 0.3) is 0 Å². The minimum absolute atomic E-state index is 0.198. The highest BCUT2D eigenvalue weighted by atomic mass is 16.3. The van der Waals surface area contributed by atoms with Crippen LogP contribution in [0.2, 0.25) is 0 Å². The van der Waals surface area contributed by atoms with E-state index < -0.39 is 0 Å². The third-order valence-electron chi connectivity index (χ3n) is 1.62. The quantitative estimate of drug-likeness (QED) is 0.589. The lowest BCUT2D eigenvalue weighted by Crippen LogP contribution is -1.94. The molecule has 52 valence electrons. The average Bonchev–Trinajstić information content (AvgIpc) is 2.34. The normalized spacial score (nSPS) is 18.6. The Balaban J connectivity index is 2.22. The molecular weight excluding hydrogens is 114 g/mol. The molecule has 0 aromatic carbocycles. The first-order valence-electron chi connectivity index (χ1n) is 3.56. The second-order valence-corrected chi connectivity index (χ2v) is 2.38. The molecule has 0 atom stereocenters. The average molecular weight is 127 g/mol. The van der Waals surface area contributed by atoms with Gasteiger partial charge in [0.2, 0.25) is 0 Å². The maximum absolute atomic E-state index is 8.42. The van der Waals surface area contributed by atoms with E-state index in [0.29, 0.717) is 6.54 Å². The zero-order chi connectivity index (χ0) is 6.53. The van der Waals surface area contributed by atoms with Crippen molar-refractivity contribution in [3.8, 4) is 0 Å². The summed E-state index contributed by atoms with van der Waals surface area (Å²) >= 11 is 0. The van der Waals surface area contributed by atoms with E-state index in [1.54, 1.807) is 0 Å². The fourth-order valence-corrected chi connectivity index (χ4v) is 1.15. The van der Waals surface area contributed by atoms with Gasteiger partial charge in [-0.05, 0) is 25.7 Å². The summed E-state index contributed by atoms with van der Waals surface area (Å²) in [4.78, 5) is 4.21. The van der Waals surface area contributed by atoms with Crippen LogP contribution in [0.3, 0.4) is 0 Å². The van der Waals surface area contributed by atoms with Crippen LogP contribution in [0.4, 0.5) is 0 Å². The van der Waals surface area contributed by atoms with Crippen LogP contribution in [0.1, 0.15) is 25.7 Å². The van der Waals surface area contributed by atoms with Gasteiger partial charge in [-0.2, -0.15) is 0 Å². The van der Waals surface area contributed by atoms with Gasteiger partial charge in [-0.1, -0.05) is 0 Å². The lowest BCUT2D eigenvalue weighted by atomic mass is 10.3. The summed E-state index contributed by atoms with van der Waals surface area (Å²) in [6.07, 6.45) is 4.93. The summed E-state index contributed by atoms with van der Waals surface area (Å²) in [7, 11) is 0. The van der Waals surface area contributed by atoms with Crippen molar-refractivity contribution in [1.29, 1.82) is 0 Å². The van der Waals surface area contributed by atoms with Crippen molar-refractivity contribution in [3.05, 3.63) is 0 Å². The molecule has 1 N–H and O–H groups in total. The van der Waals surface area contributed by atoms with Crippen molar-refractivity contribution in [1.82, 2.24) is 0 Å². The Morgan fingerprint density at radius 2 is 2.00 bits per heavy atom. The van der Waals surface area contributed by atoms with Gasteiger partial charge < -0.3 is 5.11 Å². The first-order valence-corrected chi connectivity index (χ1v) is 3.56. The van der Waals surface area contributed by atoms with Gasteiger partial charge in [-0.15, -0.1) is 0 Å².